The van der Waals surface area contributed by atoms with E-state index in [2.05, 4.69) is 21.2 Å². The summed E-state index contributed by atoms with van der Waals surface area (Å²) >= 11 is 3.39. The highest BCUT2D eigenvalue weighted by Crippen LogP contribution is 2.33. The number of amides is 3. The molecule has 5 nitrogen and oxygen atoms in total. The van der Waals surface area contributed by atoms with E-state index in [4.69, 9.17) is 5.73 Å². The molecular weight excluding hydrogens is 382 g/mol. The second kappa shape index (κ2) is 7.27. The highest BCUT2D eigenvalue weighted by molar-refractivity contribution is 9.10. The number of hydrogen-bond acceptors (Lipinski definition) is 2. The molecule has 0 saturated heterocycles. The third-order valence-corrected chi connectivity index (χ3v) is 4.97. The smallest absolute Gasteiger partial charge is 0.312 e. The van der Waals surface area contributed by atoms with Crippen LogP contribution in [0.4, 0.5) is 10.5 Å². The zero-order valence-corrected chi connectivity index (χ0v) is 15.5. The van der Waals surface area contributed by atoms with E-state index in [0.29, 0.717) is 0 Å². The van der Waals surface area contributed by atoms with Crippen molar-refractivity contribution in [1.29, 1.82) is 0 Å². The second-order valence-electron chi connectivity index (χ2n) is 6.26. The molecule has 0 fully saturated rings. The van der Waals surface area contributed by atoms with Crippen LogP contribution in [0.3, 0.4) is 0 Å². The number of para-hydroxylation sites is 1. The molecule has 1 aliphatic rings. The molecule has 1 heterocycles. The molecule has 0 saturated carbocycles. The predicted octanol–water partition coefficient (Wildman–Crippen LogP) is 3.53. The molecule has 3 N–H and O–H groups in total. The summed E-state index contributed by atoms with van der Waals surface area (Å²) in [6, 6.07) is 14.4. The topological polar surface area (TPSA) is 75.4 Å². The Hall–Kier alpha value is -2.34. The van der Waals surface area contributed by atoms with Crippen LogP contribution in [0.2, 0.25) is 0 Å². The Labute approximate surface area is 155 Å². The maximum atomic E-state index is 13.0. The lowest BCUT2D eigenvalue weighted by Crippen LogP contribution is -2.40. The largest absolute Gasteiger partial charge is 0.352 e. The Morgan fingerprint density at radius 1 is 1.24 bits per heavy atom. The number of carbonyl (C=O) groups is 2. The predicted molar refractivity (Wildman–Crippen MR) is 101 cm³/mol. The number of nitrogens with zero attached hydrogens (tertiary/aromatic N) is 1. The first-order chi connectivity index (χ1) is 12.0. The molecule has 0 aliphatic carbocycles. The molecule has 3 rings (SSSR count). The van der Waals surface area contributed by atoms with Crippen LogP contribution in [0.25, 0.3) is 0 Å². The van der Waals surface area contributed by atoms with Crippen LogP contribution >= 0.6 is 15.9 Å². The average molecular weight is 402 g/mol. The van der Waals surface area contributed by atoms with E-state index in [1.807, 2.05) is 60.4 Å². The number of carbonyl (C=O) groups excluding carboxylic acids is 2. The summed E-state index contributed by atoms with van der Waals surface area (Å²) in [5, 5.41) is 2.68. The van der Waals surface area contributed by atoms with Crippen molar-refractivity contribution in [2.45, 2.75) is 31.8 Å². The summed E-state index contributed by atoms with van der Waals surface area (Å²) in [4.78, 5) is 26.2. The van der Waals surface area contributed by atoms with Crippen LogP contribution in [0.1, 0.15) is 30.5 Å². The number of hydrogen-bond donors (Lipinski definition) is 2. The zero-order chi connectivity index (χ0) is 18.0. The van der Waals surface area contributed by atoms with Crippen molar-refractivity contribution >= 4 is 33.6 Å². The highest BCUT2D eigenvalue weighted by atomic mass is 79.9. The summed E-state index contributed by atoms with van der Waals surface area (Å²) in [6.45, 7) is 2.04. The van der Waals surface area contributed by atoms with Crippen LogP contribution in [0.5, 0.6) is 0 Å². The molecule has 3 amide bonds. The van der Waals surface area contributed by atoms with Gasteiger partial charge in [-0.3, -0.25) is 4.79 Å². The van der Waals surface area contributed by atoms with Crippen molar-refractivity contribution in [2.75, 3.05) is 4.90 Å². The van der Waals surface area contributed by atoms with Crippen molar-refractivity contribution in [3.63, 3.8) is 0 Å². The fraction of sp³-hybridized carbons (Fsp3) is 0.263. The van der Waals surface area contributed by atoms with Crippen molar-refractivity contribution in [1.82, 2.24) is 5.32 Å². The van der Waals surface area contributed by atoms with Crippen LogP contribution in [-0.4, -0.2) is 18.0 Å². The summed E-state index contributed by atoms with van der Waals surface area (Å²) in [6.07, 6.45) is 0.997. The molecule has 130 valence electrons. The van der Waals surface area contributed by atoms with E-state index in [1.54, 1.807) is 0 Å². The van der Waals surface area contributed by atoms with Crippen LogP contribution in [0, 0.1) is 0 Å². The molecule has 1 aliphatic heterocycles. The van der Waals surface area contributed by atoms with Crippen molar-refractivity contribution in [3.8, 4) is 0 Å². The first-order valence-corrected chi connectivity index (χ1v) is 8.96. The summed E-state index contributed by atoms with van der Waals surface area (Å²) in [7, 11) is 0. The third-order valence-electron chi connectivity index (χ3n) is 4.44. The van der Waals surface area contributed by atoms with Crippen LogP contribution in [0.15, 0.2) is 53.0 Å². The number of rotatable bonds is 4. The van der Waals surface area contributed by atoms with Gasteiger partial charge in [-0.15, -0.1) is 0 Å². The number of nitrogens with one attached hydrogen (secondary N) is 1. The molecule has 0 aromatic heterocycles. The molecule has 0 bridgehead atoms. The summed E-state index contributed by atoms with van der Waals surface area (Å²) in [5.74, 6) is -0.0286. The van der Waals surface area contributed by atoms with Gasteiger partial charge in [0.15, 0.2) is 0 Å². The minimum absolute atomic E-state index is 0.0286. The fourth-order valence-corrected chi connectivity index (χ4v) is 3.60. The summed E-state index contributed by atoms with van der Waals surface area (Å²) < 4.78 is 0.933. The lowest BCUT2D eigenvalue weighted by Gasteiger charge is -2.26. The van der Waals surface area contributed by atoms with Gasteiger partial charge in [0, 0.05) is 16.2 Å². The number of benzene rings is 2. The third kappa shape index (κ3) is 3.85. The van der Waals surface area contributed by atoms with Gasteiger partial charge in [-0.05, 0) is 42.7 Å². The van der Waals surface area contributed by atoms with Gasteiger partial charge in [0.25, 0.3) is 0 Å². The number of nitrogens with two attached hydrogens (primary N) is 1. The van der Waals surface area contributed by atoms with Crippen molar-refractivity contribution in [3.05, 3.63) is 64.1 Å². The molecule has 25 heavy (non-hydrogen) atoms. The lowest BCUT2D eigenvalue weighted by atomic mass is 10.0. The quantitative estimate of drug-likeness (QED) is 0.821. The molecule has 0 spiro atoms. The Bertz CT molecular complexity index is 792. The van der Waals surface area contributed by atoms with Gasteiger partial charge < -0.3 is 16.0 Å². The van der Waals surface area contributed by atoms with Gasteiger partial charge >= 0.3 is 6.03 Å². The Kier molecular flexibility index (Phi) is 5.08. The van der Waals surface area contributed by atoms with Crippen LogP contribution in [-0.2, 0) is 11.2 Å². The maximum Gasteiger partial charge on any atom is 0.312 e. The standard InChI is InChI=1S/C19H20BrN3O2/c1-12-10-14-4-2-3-5-17(14)23(12)18(24)11-16(22-19(21)25)13-6-8-15(20)9-7-13/h2-9,12,16H,10-11H2,1H3,(H3,21,22,25). The van der Waals surface area contributed by atoms with Gasteiger partial charge in [-0.25, -0.2) is 4.79 Å². The second-order valence-corrected chi connectivity index (χ2v) is 7.18. The maximum absolute atomic E-state index is 13.0. The number of urea groups is 1. The molecule has 6 heteroatoms. The molecular formula is C19H20BrN3O2. The monoisotopic (exact) mass is 401 g/mol. The zero-order valence-electron chi connectivity index (χ0n) is 13.9. The van der Waals surface area contributed by atoms with Crippen molar-refractivity contribution in [2.24, 2.45) is 5.73 Å². The van der Waals surface area contributed by atoms with Crippen molar-refractivity contribution < 1.29 is 9.59 Å². The lowest BCUT2D eigenvalue weighted by molar-refractivity contribution is -0.119. The number of fused-ring (bicyclic) bond motifs is 1. The number of anilines is 1. The fourth-order valence-electron chi connectivity index (χ4n) is 3.34. The van der Waals surface area contributed by atoms with Crippen LogP contribution < -0.4 is 16.0 Å². The van der Waals surface area contributed by atoms with E-state index in [1.165, 1.54) is 5.56 Å². The first-order valence-electron chi connectivity index (χ1n) is 8.17. The molecule has 2 unspecified atom stereocenters. The van der Waals surface area contributed by atoms with Gasteiger partial charge in [0.2, 0.25) is 5.91 Å². The Morgan fingerprint density at radius 3 is 2.60 bits per heavy atom. The van der Waals surface area contributed by atoms with Gasteiger partial charge in [0.1, 0.15) is 0 Å². The van der Waals surface area contributed by atoms with Gasteiger partial charge in [0.05, 0.1) is 12.5 Å². The minimum atomic E-state index is -0.643. The van der Waals surface area contributed by atoms with E-state index < -0.39 is 12.1 Å². The summed E-state index contributed by atoms with van der Waals surface area (Å²) in [5.41, 5.74) is 8.28. The molecule has 2 aromatic rings. The first kappa shape index (κ1) is 17.5. The minimum Gasteiger partial charge on any atom is -0.352 e. The normalized spacial score (nSPS) is 17.0. The molecule has 2 atom stereocenters. The molecule has 2 aromatic carbocycles. The number of primary amides is 1. The SMILES string of the molecule is CC1Cc2ccccc2N1C(=O)CC(NC(N)=O)c1ccc(Br)cc1. The van der Waals surface area contributed by atoms with Gasteiger partial charge in [-0.2, -0.15) is 0 Å². The van der Waals surface area contributed by atoms with Gasteiger partial charge in [-0.1, -0.05) is 46.3 Å². The Balaban J connectivity index is 1.83. The van der Waals surface area contributed by atoms with E-state index in [0.717, 1.165) is 22.1 Å². The van der Waals surface area contributed by atoms with E-state index >= 15 is 0 Å². The Morgan fingerprint density at radius 2 is 1.92 bits per heavy atom. The van der Waals surface area contributed by atoms with E-state index in [-0.39, 0.29) is 18.4 Å². The van der Waals surface area contributed by atoms with E-state index in [9.17, 15) is 9.59 Å². The highest BCUT2D eigenvalue weighted by Gasteiger charge is 2.32. The molecule has 0 radical (unpaired) electrons. The number of halogens is 1. The average Bonchev–Trinajstić information content (AvgIpc) is 2.90.